The minimum absolute atomic E-state index is 0.139. The number of carbonyl (C=O) groups is 1. The number of anilines is 2. The number of benzene rings is 3. The average Bonchev–Trinajstić information content (AvgIpc) is 2.66. The predicted octanol–water partition coefficient (Wildman–Crippen LogP) is 5.17. The summed E-state index contributed by atoms with van der Waals surface area (Å²) in [5.41, 5.74) is 3.33. The lowest BCUT2D eigenvalue weighted by Gasteiger charge is -2.14. The number of phenolic OH excluding ortho intramolecular Hbond substituents is 1. The quantitative estimate of drug-likeness (QED) is 0.569. The summed E-state index contributed by atoms with van der Waals surface area (Å²) in [7, 11) is 0. The van der Waals surface area contributed by atoms with Crippen molar-refractivity contribution in [2.45, 2.75) is 13.5 Å². The summed E-state index contributed by atoms with van der Waals surface area (Å²) < 4.78 is 13.4. The maximum Gasteiger partial charge on any atom is 0.253 e. The molecule has 3 rings (SSSR count). The zero-order valence-electron chi connectivity index (χ0n) is 14.6. The lowest BCUT2D eigenvalue weighted by atomic mass is 10.1. The molecule has 6 heteroatoms. The van der Waals surface area contributed by atoms with E-state index >= 15 is 0 Å². The molecule has 138 valence electrons. The molecule has 0 unspecified atom stereocenters. The number of hydrogen-bond acceptors (Lipinski definition) is 3. The Kier molecular flexibility index (Phi) is 5.62. The summed E-state index contributed by atoms with van der Waals surface area (Å²) in [6, 6.07) is 16.6. The molecule has 0 aliphatic carbocycles. The Morgan fingerprint density at radius 2 is 1.81 bits per heavy atom. The first kappa shape index (κ1) is 18.7. The van der Waals surface area contributed by atoms with Gasteiger partial charge in [-0.1, -0.05) is 35.9 Å². The van der Waals surface area contributed by atoms with Crippen LogP contribution in [-0.4, -0.2) is 11.0 Å². The highest BCUT2D eigenvalue weighted by Gasteiger charge is 2.12. The molecule has 27 heavy (non-hydrogen) atoms. The second-order valence-corrected chi connectivity index (χ2v) is 6.46. The smallest absolute Gasteiger partial charge is 0.253 e. The van der Waals surface area contributed by atoms with Crippen molar-refractivity contribution < 1.29 is 14.3 Å². The van der Waals surface area contributed by atoms with Crippen LogP contribution in [0.2, 0.25) is 5.02 Å². The van der Waals surface area contributed by atoms with Crippen LogP contribution >= 0.6 is 11.6 Å². The number of halogens is 2. The van der Waals surface area contributed by atoms with E-state index in [2.05, 4.69) is 10.6 Å². The third-order valence-electron chi connectivity index (χ3n) is 4.17. The van der Waals surface area contributed by atoms with Crippen molar-refractivity contribution in [3.63, 3.8) is 0 Å². The van der Waals surface area contributed by atoms with E-state index in [-0.39, 0.29) is 12.5 Å². The number of nitrogens with one attached hydrogen (secondary N) is 2. The van der Waals surface area contributed by atoms with Crippen LogP contribution in [0.1, 0.15) is 21.5 Å². The van der Waals surface area contributed by atoms with Gasteiger partial charge < -0.3 is 15.7 Å². The van der Waals surface area contributed by atoms with Gasteiger partial charge in [-0.15, -0.1) is 0 Å². The third-order valence-corrected chi connectivity index (χ3v) is 4.58. The number of aromatic hydroxyl groups is 1. The SMILES string of the molecule is Cc1c(Cl)cccc1Nc1ccccc1C(=O)NCc1ccc(O)c(F)c1. The van der Waals surface area contributed by atoms with Crippen molar-refractivity contribution in [2.75, 3.05) is 5.32 Å². The zero-order chi connectivity index (χ0) is 19.4. The fourth-order valence-electron chi connectivity index (χ4n) is 2.62. The largest absolute Gasteiger partial charge is 0.505 e. The molecule has 0 bridgehead atoms. The van der Waals surface area contributed by atoms with Gasteiger partial charge in [0.2, 0.25) is 0 Å². The Labute approximate surface area is 161 Å². The molecular formula is C21H18ClFN2O2. The predicted molar refractivity (Wildman–Crippen MR) is 105 cm³/mol. The van der Waals surface area contributed by atoms with Gasteiger partial charge >= 0.3 is 0 Å². The topological polar surface area (TPSA) is 61.4 Å². The molecule has 1 amide bonds. The van der Waals surface area contributed by atoms with Crippen molar-refractivity contribution in [3.05, 3.63) is 88.2 Å². The van der Waals surface area contributed by atoms with Gasteiger partial charge in [0.1, 0.15) is 0 Å². The highest BCUT2D eigenvalue weighted by atomic mass is 35.5. The second kappa shape index (κ2) is 8.10. The molecule has 0 spiro atoms. The molecule has 3 aromatic carbocycles. The number of amides is 1. The van der Waals surface area contributed by atoms with Crippen molar-refractivity contribution in [2.24, 2.45) is 0 Å². The molecule has 0 saturated carbocycles. The minimum atomic E-state index is -0.722. The monoisotopic (exact) mass is 384 g/mol. The van der Waals surface area contributed by atoms with Gasteiger partial charge in [0, 0.05) is 17.3 Å². The standard InChI is InChI=1S/C21H18ClFN2O2/c1-13-16(22)6-4-8-18(13)25-19-7-3-2-5-15(19)21(27)24-12-14-9-10-20(26)17(23)11-14/h2-11,25-26H,12H2,1H3,(H,24,27). The first-order chi connectivity index (χ1) is 13.0. The molecule has 0 saturated heterocycles. The van der Waals surface area contributed by atoms with Crippen molar-refractivity contribution in [1.82, 2.24) is 5.32 Å². The van der Waals surface area contributed by atoms with Crippen LogP contribution < -0.4 is 10.6 Å². The highest BCUT2D eigenvalue weighted by molar-refractivity contribution is 6.31. The van der Waals surface area contributed by atoms with E-state index in [0.717, 1.165) is 11.3 Å². The van der Waals surface area contributed by atoms with E-state index in [4.69, 9.17) is 11.6 Å². The van der Waals surface area contributed by atoms with E-state index in [1.165, 1.54) is 12.1 Å². The second-order valence-electron chi connectivity index (χ2n) is 6.05. The van der Waals surface area contributed by atoms with Crippen LogP contribution in [0.3, 0.4) is 0 Å². The number of carbonyl (C=O) groups excluding carboxylic acids is 1. The van der Waals surface area contributed by atoms with E-state index in [9.17, 15) is 14.3 Å². The fourth-order valence-corrected chi connectivity index (χ4v) is 2.79. The van der Waals surface area contributed by atoms with Gasteiger partial charge in [-0.25, -0.2) is 4.39 Å². The van der Waals surface area contributed by atoms with Gasteiger partial charge in [0.05, 0.1) is 11.3 Å². The van der Waals surface area contributed by atoms with Crippen molar-refractivity contribution in [3.8, 4) is 5.75 Å². The molecule has 0 aliphatic rings. The molecule has 0 atom stereocenters. The molecule has 4 nitrogen and oxygen atoms in total. The first-order valence-electron chi connectivity index (χ1n) is 8.32. The first-order valence-corrected chi connectivity index (χ1v) is 8.70. The summed E-state index contributed by atoms with van der Waals surface area (Å²) in [5.74, 6) is -1.44. The van der Waals surface area contributed by atoms with Crippen molar-refractivity contribution in [1.29, 1.82) is 0 Å². The van der Waals surface area contributed by atoms with Crippen LogP contribution in [0.5, 0.6) is 5.75 Å². The molecule has 3 aromatic rings. The number of rotatable bonds is 5. The maximum atomic E-state index is 13.4. The number of para-hydroxylation sites is 1. The maximum absolute atomic E-state index is 13.4. The Hall–Kier alpha value is -3.05. The number of hydrogen-bond donors (Lipinski definition) is 3. The highest BCUT2D eigenvalue weighted by Crippen LogP contribution is 2.27. The number of phenols is 1. The van der Waals surface area contributed by atoms with Gasteiger partial charge in [-0.2, -0.15) is 0 Å². The molecule has 0 aliphatic heterocycles. The van der Waals surface area contributed by atoms with Crippen molar-refractivity contribution >= 4 is 28.9 Å². The fraction of sp³-hybridized carbons (Fsp3) is 0.0952. The van der Waals surface area contributed by atoms with Gasteiger partial charge in [0.25, 0.3) is 5.91 Å². The molecule has 0 radical (unpaired) electrons. The van der Waals surface area contributed by atoms with Crippen LogP contribution in [0.4, 0.5) is 15.8 Å². The van der Waals surface area contributed by atoms with Crippen LogP contribution in [0.15, 0.2) is 60.7 Å². The molecule has 0 fully saturated rings. The summed E-state index contributed by atoms with van der Waals surface area (Å²) in [6.07, 6.45) is 0. The lowest BCUT2D eigenvalue weighted by Crippen LogP contribution is -2.23. The molecule has 0 aromatic heterocycles. The van der Waals surface area contributed by atoms with Crippen LogP contribution in [0.25, 0.3) is 0 Å². The summed E-state index contributed by atoms with van der Waals surface area (Å²) in [4.78, 5) is 12.6. The van der Waals surface area contributed by atoms with Gasteiger partial charge in [0.15, 0.2) is 11.6 Å². The van der Waals surface area contributed by atoms with E-state index in [1.54, 1.807) is 30.3 Å². The summed E-state index contributed by atoms with van der Waals surface area (Å²) in [5, 5.41) is 15.9. The van der Waals surface area contributed by atoms with Crippen LogP contribution in [0, 0.1) is 12.7 Å². The average molecular weight is 385 g/mol. The molecular weight excluding hydrogens is 367 g/mol. The Bertz CT molecular complexity index is 992. The third kappa shape index (κ3) is 4.38. The Morgan fingerprint density at radius 1 is 1.07 bits per heavy atom. The molecule has 0 heterocycles. The normalized spacial score (nSPS) is 10.5. The van der Waals surface area contributed by atoms with Gasteiger partial charge in [-0.05, 0) is 54.4 Å². The van der Waals surface area contributed by atoms with E-state index in [0.29, 0.717) is 21.8 Å². The van der Waals surface area contributed by atoms with Crippen LogP contribution in [-0.2, 0) is 6.54 Å². The molecule has 3 N–H and O–H groups in total. The van der Waals surface area contributed by atoms with E-state index in [1.807, 2.05) is 25.1 Å². The summed E-state index contributed by atoms with van der Waals surface area (Å²) >= 11 is 6.16. The Balaban J connectivity index is 1.77. The summed E-state index contributed by atoms with van der Waals surface area (Å²) in [6.45, 7) is 2.03. The minimum Gasteiger partial charge on any atom is -0.505 e. The van der Waals surface area contributed by atoms with E-state index < -0.39 is 11.6 Å². The van der Waals surface area contributed by atoms with Gasteiger partial charge in [-0.3, -0.25) is 4.79 Å². The Morgan fingerprint density at radius 3 is 2.59 bits per heavy atom. The lowest BCUT2D eigenvalue weighted by molar-refractivity contribution is 0.0951. The zero-order valence-corrected chi connectivity index (χ0v) is 15.3.